The zero-order valence-corrected chi connectivity index (χ0v) is 12.5. The van der Waals surface area contributed by atoms with Crippen LogP contribution in [-0.2, 0) is 0 Å². The molecule has 0 atom stereocenters. The molecular formula is C16H16N4S. The van der Waals surface area contributed by atoms with Crippen LogP contribution in [0.1, 0.15) is 0 Å². The highest BCUT2D eigenvalue weighted by atomic mass is 32.1. The number of hydrogen-bond donors (Lipinski definition) is 0. The lowest BCUT2D eigenvalue weighted by molar-refractivity contribution is 0.643. The molecule has 3 aromatic rings. The molecule has 4 nitrogen and oxygen atoms in total. The van der Waals surface area contributed by atoms with Crippen LogP contribution in [0.4, 0.5) is 11.6 Å². The largest absolute Gasteiger partial charge is 0.353 e. The predicted octanol–water partition coefficient (Wildman–Crippen LogP) is 3.02. The van der Waals surface area contributed by atoms with E-state index in [-0.39, 0.29) is 0 Å². The van der Waals surface area contributed by atoms with Gasteiger partial charge in [0.15, 0.2) is 0 Å². The van der Waals surface area contributed by atoms with Crippen LogP contribution in [0.5, 0.6) is 0 Å². The van der Waals surface area contributed by atoms with E-state index in [0.29, 0.717) is 0 Å². The molecule has 0 saturated carbocycles. The molecule has 1 aliphatic rings. The summed E-state index contributed by atoms with van der Waals surface area (Å²) >= 11 is 1.78. The Morgan fingerprint density at radius 1 is 0.857 bits per heavy atom. The fraction of sp³-hybridized carbons (Fsp3) is 0.250. The first-order chi connectivity index (χ1) is 10.4. The lowest BCUT2D eigenvalue weighted by Crippen LogP contribution is -2.47. The minimum absolute atomic E-state index is 0.985. The van der Waals surface area contributed by atoms with Crippen molar-refractivity contribution in [2.24, 2.45) is 0 Å². The molecule has 0 spiro atoms. The van der Waals surface area contributed by atoms with Gasteiger partial charge < -0.3 is 9.80 Å². The molecule has 0 N–H and O–H groups in total. The van der Waals surface area contributed by atoms with Crippen molar-refractivity contribution in [2.75, 3.05) is 36.0 Å². The molecule has 0 aromatic carbocycles. The van der Waals surface area contributed by atoms with E-state index in [0.717, 1.165) is 37.8 Å². The standard InChI is InChI=1S/C16H16N4S/c1-2-6-17-15(3-1)19-8-10-20(11-9-19)16-13-5-12-21-14(13)4-7-18-16/h1-7,12H,8-11H2. The van der Waals surface area contributed by atoms with Gasteiger partial charge in [-0.1, -0.05) is 6.07 Å². The summed E-state index contributed by atoms with van der Waals surface area (Å²) in [4.78, 5) is 13.8. The molecule has 4 rings (SSSR count). The first-order valence-electron chi connectivity index (χ1n) is 7.15. The quantitative estimate of drug-likeness (QED) is 0.727. The Kier molecular flexibility index (Phi) is 3.20. The van der Waals surface area contributed by atoms with Crippen molar-refractivity contribution in [2.45, 2.75) is 0 Å². The minimum atomic E-state index is 0.985. The second kappa shape index (κ2) is 5.33. The van der Waals surface area contributed by atoms with E-state index >= 15 is 0 Å². The van der Waals surface area contributed by atoms with Crippen molar-refractivity contribution in [3.8, 4) is 0 Å². The molecule has 0 unspecified atom stereocenters. The first kappa shape index (κ1) is 12.6. The molecular weight excluding hydrogens is 280 g/mol. The molecule has 4 heterocycles. The smallest absolute Gasteiger partial charge is 0.137 e. The van der Waals surface area contributed by atoms with Crippen molar-refractivity contribution >= 4 is 33.1 Å². The van der Waals surface area contributed by atoms with Crippen LogP contribution in [0.15, 0.2) is 48.1 Å². The minimum Gasteiger partial charge on any atom is -0.353 e. The number of pyridine rings is 2. The number of anilines is 2. The summed E-state index contributed by atoms with van der Waals surface area (Å²) in [5.74, 6) is 2.19. The number of rotatable bonds is 2. The van der Waals surface area contributed by atoms with Gasteiger partial charge in [-0.2, -0.15) is 0 Å². The Morgan fingerprint density at radius 3 is 2.52 bits per heavy atom. The van der Waals surface area contributed by atoms with Gasteiger partial charge in [0.2, 0.25) is 0 Å². The number of hydrogen-bond acceptors (Lipinski definition) is 5. The molecule has 0 bridgehead atoms. The van der Waals surface area contributed by atoms with Gasteiger partial charge in [-0.25, -0.2) is 9.97 Å². The van der Waals surface area contributed by atoms with Gasteiger partial charge in [-0.05, 0) is 29.6 Å². The fourth-order valence-corrected chi connectivity index (χ4v) is 3.60. The first-order valence-corrected chi connectivity index (χ1v) is 8.03. The maximum atomic E-state index is 4.60. The Morgan fingerprint density at radius 2 is 1.71 bits per heavy atom. The Labute approximate surface area is 127 Å². The summed E-state index contributed by atoms with van der Waals surface area (Å²) in [6, 6.07) is 10.3. The molecule has 5 heteroatoms. The van der Waals surface area contributed by atoms with Gasteiger partial charge in [0.05, 0.1) is 0 Å². The Hall–Kier alpha value is -2.14. The van der Waals surface area contributed by atoms with Crippen molar-refractivity contribution in [1.29, 1.82) is 0 Å². The van der Waals surface area contributed by atoms with E-state index in [4.69, 9.17) is 0 Å². The fourth-order valence-electron chi connectivity index (χ4n) is 2.82. The lowest BCUT2D eigenvalue weighted by Gasteiger charge is -2.36. The van der Waals surface area contributed by atoms with Gasteiger partial charge in [0.25, 0.3) is 0 Å². The zero-order valence-electron chi connectivity index (χ0n) is 11.6. The number of piperazine rings is 1. The van der Waals surface area contributed by atoms with Gasteiger partial charge >= 0.3 is 0 Å². The molecule has 0 radical (unpaired) electrons. The molecule has 0 aliphatic carbocycles. The summed E-state index contributed by atoms with van der Waals surface area (Å²) < 4.78 is 1.31. The third kappa shape index (κ3) is 2.34. The summed E-state index contributed by atoms with van der Waals surface area (Å²) in [7, 11) is 0. The molecule has 0 amide bonds. The summed E-state index contributed by atoms with van der Waals surface area (Å²) in [5, 5.41) is 3.41. The van der Waals surface area contributed by atoms with Gasteiger partial charge in [-0.15, -0.1) is 11.3 Å². The molecule has 21 heavy (non-hydrogen) atoms. The molecule has 106 valence electrons. The van der Waals surface area contributed by atoms with Crippen LogP contribution in [0, 0.1) is 0 Å². The monoisotopic (exact) mass is 296 g/mol. The normalized spacial score (nSPS) is 15.6. The summed E-state index contributed by atoms with van der Waals surface area (Å²) in [6.45, 7) is 3.94. The summed E-state index contributed by atoms with van der Waals surface area (Å²) in [6.07, 6.45) is 3.77. The van der Waals surface area contributed by atoms with Crippen LogP contribution in [0.2, 0.25) is 0 Å². The van der Waals surface area contributed by atoms with Crippen LogP contribution < -0.4 is 9.80 Å². The molecule has 1 aliphatic heterocycles. The van der Waals surface area contributed by atoms with E-state index in [9.17, 15) is 0 Å². The average molecular weight is 296 g/mol. The van der Waals surface area contributed by atoms with E-state index in [2.05, 4.69) is 43.3 Å². The van der Waals surface area contributed by atoms with Crippen LogP contribution in [0.3, 0.4) is 0 Å². The van der Waals surface area contributed by atoms with E-state index in [1.807, 2.05) is 24.5 Å². The zero-order chi connectivity index (χ0) is 14.1. The lowest BCUT2D eigenvalue weighted by atomic mass is 10.2. The number of aromatic nitrogens is 2. The molecule has 1 saturated heterocycles. The average Bonchev–Trinajstić information content (AvgIpc) is 3.04. The highest BCUT2D eigenvalue weighted by molar-refractivity contribution is 7.17. The number of nitrogens with zero attached hydrogens (tertiary/aromatic N) is 4. The SMILES string of the molecule is c1ccc(N2CCN(c3nccc4sccc34)CC2)nc1. The number of fused-ring (bicyclic) bond motifs is 1. The van der Waals surface area contributed by atoms with Crippen LogP contribution in [0.25, 0.3) is 10.1 Å². The van der Waals surface area contributed by atoms with E-state index < -0.39 is 0 Å². The highest BCUT2D eigenvalue weighted by Crippen LogP contribution is 2.29. The maximum Gasteiger partial charge on any atom is 0.137 e. The Bertz CT molecular complexity index is 732. The molecule has 1 fully saturated rings. The van der Waals surface area contributed by atoms with Crippen molar-refractivity contribution in [3.63, 3.8) is 0 Å². The third-order valence-corrected chi connectivity index (χ3v) is 4.79. The van der Waals surface area contributed by atoms with Crippen molar-refractivity contribution in [3.05, 3.63) is 48.1 Å². The van der Waals surface area contributed by atoms with Gasteiger partial charge in [-0.3, -0.25) is 0 Å². The number of thiophene rings is 1. The van der Waals surface area contributed by atoms with E-state index in [1.54, 1.807) is 11.3 Å². The van der Waals surface area contributed by atoms with Crippen molar-refractivity contribution < 1.29 is 0 Å². The van der Waals surface area contributed by atoms with Crippen LogP contribution in [-0.4, -0.2) is 36.1 Å². The summed E-state index contributed by atoms with van der Waals surface area (Å²) in [5.41, 5.74) is 0. The predicted molar refractivity (Wildman–Crippen MR) is 88.3 cm³/mol. The second-order valence-electron chi connectivity index (χ2n) is 5.13. The Balaban J connectivity index is 1.54. The highest BCUT2D eigenvalue weighted by Gasteiger charge is 2.20. The molecule has 3 aromatic heterocycles. The maximum absolute atomic E-state index is 4.60. The topological polar surface area (TPSA) is 32.3 Å². The van der Waals surface area contributed by atoms with Crippen LogP contribution >= 0.6 is 11.3 Å². The van der Waals surface area contributed by atoms with E-state index in [1.165, 1.54) is 10.1 Å². The van der Waals surface area contributed by atoms with Gasteiger partial charge in [0, 0.05) is 48.7 Å². The van der Waals surface area contributed by atoms with Gasteiger partial charge in [0.1, 0.15) is 11.6 Å². The third-order valence-electron chi connectivity index (χ3n) is 3.91. The second-order valence-corrected chi connectivity index (χ2v) is 6.08. The van der Waals surface area contributed by atoms with Crippen molar-refractivity contribution in [1.82, 2.24) is 9.97 Å².